The number of carbonyl (C=O) groups is 2. The van der Waals surface area contributed by atoms with Gasteiger partial charge in [0.2, 0.25) is 5.91 Å². The quantitative estimate of drug-likeness (QED) is 0.629. The van der Waals surface area contributed by atoms with Crippen molar-refractivity contribution in [2.75, 3.05) is 13.2 Å². The lowest BCUT2D eigenvalue weighted by molar-refractivity contribution is -0.141. The third kappa shape index (κ3) is 5.01. The maximum atomic E-state index is 12.4. The van der Waals surface area contributed by atoms with Crippen LogP contribution in [0.25, 0.3) is 6.08 Å². The van der Waals surface area contributed by atoms with Crippen LogP contribution in [0.5, 0.6) is 11.5 Å². The van der Waals surface area contributed by atoms with E-state index in [4.69, 9.17) is 25.8 Å². The van der Waals surface area contributed by atoms with E-state index in [1.165, 1.54) is 6.92 Å². The summed E-state index contributed by atoms with van der Waals surface area (Å²) in [5, 5.41) is 2.89. The van der Waals surface area contributed by atoms with Crippen molar-refractivity contribution in [3.63, 3.8) is 0 Å². The normalized spacial score (nSPS) is 13.0. The van der Waals surface area contributed by atoms with Gasteiger partial charge in [-0.05, 0) is 29.3 Å². The summed E-state index contributed by atoms with van der Waals surface area (Å²) in [4.78, 5) is 23.9. The first-order chi connectivity index (χ1) is 13.0. The first-order valence-corrected chi connectivity index (χ1v) is 8.70. The van der Waals surface area contributed by atoms with Crippen molar-refractivity contribution in [3.05, 3.63) is 64.3 Å². The number of hydrogen-bond donors (Lipinski definition) is 1. The summed E-state index contributed by atoms with van der Waals surface area (Å²) in [6.07, 6.45) is 1.56. The second-order valence-electron chi connectivity index (χ2n) is 5.83. The van der Waals surface area contributed by atoms with Crippen LogP contribution in [0.4, 0.5) is 0 Å². The maximum Gasteiger partial charge on any atom is 0.355 e. The van der Waals surface area contributed by atoms with E-state index in [9.17, 15) is 9.59 Å². The summed E-state index contributed by atoms with van der Waals surface area (Å²) in [7, 11) is 0. The van der Waals surface area contributed by atoms with Gasteiger partial charge >= 0.3 is 5.97 Å². The monoisotopic (exact) mass is 387 g/mol. The molecule has 6 nitrogen and oxygen atoms in total. The Morgan fingerprint density at radius 3 is 2.67 bits per heavy atom. The summed E-state index contributed by atoms with van der Waals surface area (Å²) in [6, 6.07) is 12.5. The van der Waals surface area contributed by atoms with Crippen molar-refractivity contribution in [1.82, 2.24) is 5.32 Å². The van der Waals surface area contributed by atoms with Gasteiger partial charge in [0, 0.05) is 6.92 Å². The van der Waals surface area contributed by atoms with Gasteiger partial charge in [0.1, 0.15) is 25.5 Å². The van der Waals surface area contributed by atoms with Gasteiger partial charge in [0.05, 0.1) is 5.02 Å². The molecule has 0 aromatic heterocycles. The van der Waals surface area contributed by atoms with Crippen LogP contribution in [0.1, 0.15) is 18.1 Å². The fourth-order valence-corrected chi connectivity index (χ4v) is 2.81. The van der Waals surface area contributed by atoms with Crippen LogP contribution in [0.15, 0.2) is 48.2 Å². The molecule has 0 unspecified atom stereocenters. The molecule has 3 rings (SSSR count). The number of benzene rings is 2. The third-order valence-electron chi connectivity index (χ3n) is 3.67. The lowest BCUT2D eigenvalue weighted by Gasteiger charge is -2.20. The van der Waals surface area contributed by atoms with Gasteiger partial charge in [-0.25, -0.2) is 4.79 Å². The number of esters is 1. The smallest absolute Gasteiger partial charge is 0.355 e. The molecule has 0 radical (unpaired) electrons. The van der Waals surface area contributed by atoms with E-state index in [2.05, 4.69) is 5.32 Å². The van der Waals surface area contributed by atoms with Crippen molar-refractivity contribution >= 4 is 29.6 Å². The van der Waals surface area contributed by atoms with Crippen molar-refractivity contribution < 1.29 is 23.8 Å². The molecule has 0 fully saturated rings. The number of carbonyl (C=O) groups excluding carboxylic acids is 2. The number of fused-ring (bicyclic) bond motifs is 1. The van der Waals surface area contributed by atoms with E-state index >= 15 is 0 Å². The largest absolute Gasteiger partial charge is 0.486 e. The van der Waals surface area contributed by atoms with Crippen LogP contribution < -0.4 is 14.8 Å². The molecule has 1 N–H and O–H groups in total. The zero-order valence-corrected chi connectivity index (χ0v) is 15.4. The highest BCUT2D eigenvalue weighted by molar-refractivity contribution is 6.32. The molecule has 1 heterocycles. The Balaban J connectivity index is 1.73. The minimum Gasteiger partial charge on any atom is -0.486 e. The molecule has 0 saturated heterocycles. The Morgan fingerprint density at radius 1 is 1.19 bits per heavy atom. The van der Waals surface area contributed by atoms with E-state index in [0.717, 1.165) is 5.56 Å². The maximum absolute atomic E-state index is 12.4. The molecule has 0 saturated carbocycles. The Labute approximate surface area is 161 Å². The molecule has 2 aromatic rings. The first kappa shape index (κ1) is 18.8. The third-order valence-corrected chi connectivity index (χ3v) is 3.95. The summed E-state index contributed by atoms with van der Waals surface area (Å²) in [5.74, 6) is -0.0146. The lowest BCUT2D eigenvalue weighted by Crippen LogP contribution is -2.26. The predicted molar refractivity (Wildman–Crippen MR) is 100 cm³/mol. The standard InChI is InChI=1S/C20H18ClNO5/c1-13(23)22-17(10-14-5-3-2-4-6-14)20(24)27-12-15-9-16(21)19-18(11-15)25-7-8-26-19/h2-6,9-11H,7-8,12H2,1H3,(H,22,23)/b17-10-. The first-order valence-electron chi connectivity index (χ1n) is 8.32. The van der Waals surface area contributed by atoms with Gasteiger partial charge in [0.15, 0.2) is 11.5 Å². The molecule has 0 atom stereocenters. The van der Waals surface area contributed by atoms with Crippen LogP contribution in [0.2, 0.25) is 5.02 Å². The van der Waals surface area contributed by atoms with Gasteiger partial charge in [-0.15, -0.1) is 0 Å². The van der Waals surface area contributed by atoms with E-state index in [1.54, 1.807) is 18.2 Å². The number of nitrogens with one attached hydrogen (secondary N) is 1. The fraction of sp³-hybridized carbons (Fsp3) is 0.200. The Hall–Kier alpha value is -2.99. The minimum absolute atomic E-state index is 0.0269. The second-order valence-corrected chi connectivity index (χ2v) is 6.24. The molecule has 0 spiro atoms. The molecular weight excluding hydrogens is 370 g/mol. The number of amides is 1. The zero-order valence-electron chi connectivity index (χ0n) is 14.7. The van der Waals surface area contributed by atoms with E-state index < -0.39 is 5.97 Å². The minimum atomic E-state index is -0.653. The molecule has 1 aliphatic rings. The van der Waals surface area contributed by atoms with E-state index in [1.807, 2.05) is 30.3 Å². The fourth-order valence-electron chi connectivity index (χ4n) is 2.53. The second kappa shape index (κ2) is 8.60. The van der Waals surface area contributed by atoms with E-state index in [-0.39, 0.29) is 18.2 Å². The molecule has 0 bridgehead atoms. The summed E-state index contributed by atoms with van der Waals surface area (Å²) in [5.41, 5.74) is 1.47. The SMILES string of the molecule is CC(=O)N/C(=C\c1ccccc1)C(=O)OCc1cc(Cl)c2c(c1)OCCO2. The molecule has 140 valence electrons. The lowest BCUT2D eigenvalue weighted by atomic mass is 10.2. The average Bonchev–Trinajstić information content (AvgIpc) is 2.66. The average molecular weight is 388 g/mol. The molecule has 1 amide bonds. The van der Waals surface area contributed by atoms with Crippen LogP contribution in [0.3, 0.4) is 0 Å². The topological polar surface area (TPSA) is 73.9 Å². The number of halogens is 1. The highest BCUT2D eigenvalue weighted by atomic mass is 35.5. The molecular formula is C20H18ClNO5. The van der Waals surface area contributed by atoms with Crippen LogP contribution in [0, 0.1) is 0 Å². The van der Waals surface area contributed by atoms with Gasteiger partial charge in [-0.2, -0.15) is 0 Å². The van der Waals surface area contributed by atoms with Crippen LogP contribution in [-0.4, -0.2) is 25.1 Å². The van der Waals surface area contributed by atoms with Crippen LogP contribution >= 0.6 is 11.6 Å². The van der Waals surface area contributed by atoms with Gasteiger partial charge < -0.3 is 19.5 Å². The molecule has 7 heteroatoms. The highest BCUT2D eigenvalue weighted by Gasteiger charge is 2.18. The van der Waals surface area contributed by atoms with Crippen molar-refractivity contribution in [2.24, 2.45) is 0 Å². The Morgan fingerprint density at radius 2 is 1.93 bits per heavy atom. The number of ether oxygens (including phenoxy) is 3. The highest BCUT2D eigenvalue weighted by Crippen LogP contribution is 2.38. The van der Waals surface area contributed by atoms with Crippen molar-refractivity contribution in [2.45, 2.75) is 13.5 Å². The Bertz CT molecular complexity index is 879. The molecule has 0 aliphatic carbocycles. The molecule has 2 aromatic carbocycles. The number of hydrogen-bond acceptors (Lipinski definition) is 5. The Kier molecular flexibility index (Phi) is 5.98. The summed E-state index contributed by atoms with van der Waals surface area (Å²) >= 11 is 6.19. The van der Waals surface area contributed by atoms with Crippen molar-refractivity contribution in [1.29, 1.82) is 0 Å². The molecule has 27 heavy (non-hydrogen) atoms. The summed E-state index contributed by atoms with van der Waals surface area (Å²) < 4.78 is 16.3. The van der Waals surface area contributed by atoms with Gasteiger partial charge in [-0.3, -0.25) is 4.79 Å². The predicted octanol–water partition coefficient (Wildman–Crippen LogP) is 3.33. The summed E-state index contributed by atoms with van der Waals surface area (Å²) in [6.45, 7) is 2.16. The van der Waals surface area contributed by atoms with Gasteiger partial charge in [-0.1, -0.05) is 41.9 Å². The molecule has 1 aliphatic heterocycles. The van der Waals surface area contributed by atoms with E-state index in [0.29, 0.717) is 35.3 Å². The van der Waals surface area contributed by atoms with Crippen LogP contribution in [-0.2, 0) is 20.9 Å². The zero-order chi connectivity index (χ0) is 19.2. The number of rotatable bonds is 5. The van der Waals surface area contributed by atoms with Crippen molar-refractivity contribution in [3.8, 4) is 11.5 Å². The van der Waals surface area contributed by atoms with Gasteiger partial charge in [0.25, 0.3) is 0 Å².